The van der Waals surface area contributed by atoms with Crippen molar-refractivity contribution in [2.45, 2.75) is 6.92 Å². The third-order valence-corrected chi connectivity index (χ3v) is 4.54. The third kappa shape index (κ3) is 4.80. The summed E-state index contributed by atoms with van der Waals surface area (Å²) < 4.78 is 6.50. The van der Waals surface area contributed by atoms with Crippen LogP contribution in [0.3, 0.4) is 0 Å². The topological polar surface area (TPSA) is 58.9 Å². The van der Waals surface area contributed by atoms with E-state index in [0.717, 1.165) is 16.8 Å². The van der Waals surface area contributed by atoms with Gasteiger partial charge in [0.05, 0.1) is 14.6 Å². The van der Waals surface area contributed by atoms with Crippen LogP contribution in [-0.4, -0.2) is 23.9 Å². The van der Waals surface area contributed by atoms with E-state index < -0.39 is 12.6 Å². The SMILES string of the molecule is Cc1c(Cl)cccc1N=Cc1cc(Br)c(OCC(=O)O)c(Br)c1. The number of carbonyl (C=O) groups is 1. The summed E-state index contributed by atoms with van der Waals surface area (Å²) in [7, 11) is 0. The number of rotatable bonds is 5. The van der Waals surface area contributed by atoms with Crippen LogP contribution in [0.1, 0.15) is 11.1 Å². The molecule has 0 saturated heterocycles. The van der Waals surface area contributed by atoms with E-state index in [4.69, 9.17) is 21.4 Å². The van der Waals surface area contributed by atoms with Crippen LogP contribution in [0, 0.1) is 6.92 Å². The molecule has 0 bridgehead atoms. The number of benzene rings is 2. The Labute approximate surface area is 155 Å². The number of carboxylic acid groups (broad SMARTS) is 1. The maximum atomic E-state index is 10.6. The molecular weight excluding hydrogens is 449 g/mol. The molecule has 0 radical (unpaired) electrons. The van der Waals surface area contributed by atoms with Gasteiger partial charge in [0, 0.05) is 11.2 Å². The number of halogens is 3. The second-order valence-corrected chi connectivity index (χ2v) is 6.75. The van der Waals surface area contributed by atoms with Crippen LogP contribution < -0.4 is 4.74 Å². The van der Waals surface area contributed by atoms with Crippen LogP contribution in [-0.2, 0) is 4.79 Å². The molecule has 2 aromatic carbocycles. The first-order chi connectivity index (χ1) is 10.9. The number of hydrogen-bond donors (Lipinski definition) is 1. The number of hydrogen-bond acceptors (Lipinski definition) is 3. The number of aliphatic imine (C=N–C) groups is 1. The first-order valence-electron chi connectivity index (χ1n) is 6.51. The second-order valence-electron chi connectivity index (χ2n) is 4.64. The maximum Gasteiger partial charge on any atom is 0.341 e. The van der Waals surface area contributed by atoms with E-state index >= 15 is 0 Å². The molecule has 0 aliphatic rings. The molecule has 2 rings (SSSR count). The predicted octanol–water partition coefficient (Wildman–Crippen LogP) is 5.39. The van der Waals surface area contributed by atoms with Crippen molar-refractivity contribution in [1.82, 2.24) is 0 Å². The Bertz CT molecular complexity index is 755. The maximum absolute atomic E-state index is 10.6. The van der Waals surface area contributed by atoms with Crippen LogP contribution >= 0.6 is 43.5 Å². The van der Waals surface area contributed by atoms with Crippen molar-refractivity contribution in [3.05, 3.63) is 55.4 Å². The Hall–Kier alpha value is -1.37. The van der Waals surface area contributed by atoms with Crippen molar-refractivity contribution in [2.24, 2.45) is 4.99 Å². The van der Waals surface area contributed by atoms with Crippen molar-refractivity contribution >= 4 is 61.3 Å². The standard InChI is InChI=1S/C16H12Br2ClNO3/c1-9-13(19)3-2-4-14(9)20-7-10-5-11(17)16(12(18)6-10)23-8-15(21)22/h2-7H,8H2,1H3,(H,21,22). The Morgan fingerprint density at radius 2 is 2.00 bits per heavy atom. The smallest absolute Gasteiger partial charge is 0.341 e. The van der Waals surface area contributed by atoms with Crippen molar-refractivity contribution in [2.75, 3.05) is 6.61 Å². The van der Waals surface area contributed by atoms with E-state index in [2.05, 4.69) is 36.9 Å². The van der Waals surface area contributed by atoms with Gasteiger partial charge in [0.2, 0.25) is 0 Å². The molecule has 0 aromatic heterocycles. The molecule has 0 unspecified atom stereocenters. The zero-order valence-corrected chi connectivity index (χ0v) is 15.9. The van der Waals surface area contributed by atoms with Crippen molar-refractivity contribution in [3.8, 4) is 5.75 Å². The van der Waals surface area contributed by atoms with Gasteiger partial charge >= 0.3 is 5.97 Å². The number of ether oxygens (including phenoxy) is 1. The molecule has 2 aromatic rings. The van der Waals surface area contributed by atoms with E-state index in [-0.39, 0.29) is 0 Å². The van der Waals surface area contributed by atoms with Crippen molar-refractivity contribution in [3.63, 3.8) is 0 Å². The summed E-state index contributed by atoms with van der Waals surface area (Å²) in [6.07, 6.45) is 1.70. The molecule has 0 aliphatic carbocycles. The summed E-state index contributed by atoms with van der Waals surface area (Å²) in [5, 5.41) is 9.35. The fourth-order valence-corrected chi connectivity index (χ4v) is 3.43. The zero-order chi connectivity index (χ0) is 17.0. The van der Waals surface area contributed by atoms with Crippen LogP contribution in [0.25, 0.3) is 0 Å². The van der Waals surface area contributed by atoms with E-state index in [1.54, 1.807) is 18.3 Å². The fraction of sp³-hybridized carbons (Fsp3) is 0.125. The average Bonchev–Trinajstić information content (AvgIpc) is 2.47. The number of carboxylic acids is 1. The molecule has 4 nitrogen and oxygen atoms in total. The molecule has 0 aliphatic heterocycles. The van der Waals surface area contributed by atoms with Gasteiger partial charge in [0.25, 0.3) is 0 Å². The third-order valence-electron chi connectivity index (χ3n) is 2.95. The van der Waals surface area contributed by atoms with Gasteiger partial charge in [-0.3, -0.25) is 4.99 Å². The van der Waals surface area contributed by atoms with E-state index in [1.807, 2.05) is 25.1 Å². The van der Waals surface area contributed by atoms with Gasteiger partial charge in [0.15, 0.2) is 6.61 Å². The minimum absolute atomic E-state index is 0.410. The molecule has 1 N–H and O–H groups in total. The second kappa shape index (κ2) is 7.95. The highest BCUT2D eigenvalue weighted by Crippen LogP contribution is 2.34. The largest absolute Gasteiger partial charge is 0.480 e. The highest BCUT2D eigenvalue weighted by molar-refractivity contribution is 9.11. The van der Waals surface area contributed by atoms with Gasteiger partial charge in [-0.25, -0.2) is 4.79 Å². The lowest BCUT2D eigenvalue weighted by Crippen LogP contribution is -2.10. The number of nitrogens with zero attached hydrogens (tertiary/aromatic N) is 1. The highest BCUT2D eigenvalue weighted by Gasteiger charge is 2.10. The van der Waals surface area contributed by atoms with Gasteiger partial charge in [0.1, 0.15) is 5.75 Å². The Kier molecular flexibility index (Phi) is 6.21. The lowest BCUT2D eigenvalue weighted by atomic mass is 10.2. The first-order valence-corrected chi connectivity index (χ1v) is 8.47. The molecule has 0 atom stereocenters. The van der Waals surface area contributed by atoms with Crippen molar-refractivity contribution in [1.29, 1.82) is 0 Å². The lowest BCUT2D eigenvalue weighted by molar-refractivity contribution is -0.139. The van der Waals surface area contributed by atoms with Gasteiger partial charge < -0.3 is 9.84 Å². The monoisotopic (exact) mass is 459 g/mol. The van der Waals surface area contributed by atoms with Gasteiger partial charge in [-0.15, -0.1) is 0 Å². The normalized spacial score (nSPS) is 11.0. The average molecular weight is 462 g/mol. The van der Waals surface area contributed by atoms with Crippen LogP contribution in [0.15, 0.2) is 44.3 Å². The van der Waals surface area contributed by atoms with Crippen LogP contribution in [0.5, 0.6) is 5.75 Å². The number of aliphatic carboxylic acids is 1. The van der Waals surface area contributed by atoms with Gasteiger partial charge in [-0.1, -0.05) is 17.7 Å². The van der Waals surface area contributed by atoms with E-state index in [9.17, 15) is 4.79 Å². The molecular formula is C16H12Br2ClNO3. The van der Waals surface area contributed by atoms with Crippen LogP contribution in [0.4, 0.5) is 5.69 Å². The molecule has 0 amide bonds. The minimum atomic E-state index is -1.04. The molecule has 7 heteroatoms. The molecule has 0 heterocycles. The van der Waals surface area contributed by atoms with Gasteiger partial charge in [-0.2, -0.15) is 0 Å². The summed E-state index contributed by atoms with van der Waals surface area (Å²) in [5.41, 5.74) is 2.52. The minimum Gasteiger partial charge on any atom is -0.480 e. The molecule has 23 heavy (non-hydrogen) atoms. The summed E-state index contributed by atoms with van der Waals surface area (Å²) >= 11 is 12.8. The Morgan fingerprint density at radius 1 is 1.35 bits per heavy atom. The molecule has 0 fully saturated rings. The molecule has 0 saturated carbocycles. The summed E-state index contributed by atoms with van der Waals surface area (Å²) in [4.78, 5) is 15.0. The molecule has 120 valence electrons. The van der Waals surface area contributed by atoms with E-state index in [1.165, 1.54) is 0 Å². The zero-order valence-electron chi connectivity index (χ0n) is 12.0. The van der Waals surface area contributed by atoms with E-state index in [0.29, 0.717) is 19.7 Å². The van der Waals surface area contributed by atoms with Crippen molar-refractivity contribution < 1.29 is 14.6 Å². The fourth-order valence-electron chi connectivity index (χ4n) is 1.81. The van der Waals surface area contributed by atoms with Crippen LogP contribution in [0.2, 0.25) is 5.02 Å². The predicted molar refractivity (Wildman–Crippen MR) is 98.4 cm³/mol. The Morgan fingerprint density at radius 3 is 2.61 bits per heavy atom. The quantitative estimate of drug-likeness (QED) is 0.608. The summed E-state index contributed by atoms with van der Waals surface area (Å²) in [6.45, 7) is 1.50. The highest BCUT2D eigenvalue weighted by atomic mass is 79.9. The lowest BCUT2D eigenvalue weighted by Gasteiger charge is -2.09. The van der Waals surface area contributed by atoms with Gasteiger partial charge in [-0.05, 0) is 74.2 Å². The summed E-state index contributed by atoms with van der Waals surface area (Å²) in [5.74, 6) is -0.602. The molecule has 0 spiro atoms. The Balaban J connectivity index is 2.26. The summed E-state index contributed by atoms with van der Waals surface area (Å²) in [6, 6.07) is 9.14. The first kappa shape index (κ1) is 18.0.